The van der Waals surface area contributed by atoms with Crippen molar-refractivity contribution in [3.63, 3.8) is 0 Å². The molecule has 148 valence electrons. The number of benzene rings is 1. The van der Waals surface area contributed by atoms with Crippen LogP contribution in [0, 0.1) is 6.92 Å². The summed E-state index contributed by atoms with van der Waals surface area (Å²) in [6.45, 7) is 8.56. The molecule has 6 nitrogen and oxygen atoms in total. The van der Waals surface area contributed by atoms with E-state index in [1.54, 1.807) is 0 Å². The van der Waals surface area contributed by atoms with Crippen molar-refractivity contribution in [1.29, 1.82) is 0 Å². The Morgan fingerprint density at radius 3 is 2.68 bits per heavy atom. The third-order valence-electron chi connectivity index (χ3n) is 5.97. The molecular formula is C22H28N4O2. The second kappa shape index (κ2) is 7.51. The van der Waals surface area contributed by atoms with Gasteiger partial charge in [0.2, 0.25) is 0 Å². The van der Waals surface area contributed by atoms with E-state index >= 15 is 0 Å². The van der Waals surface area contributed by atoms with Gasteiger partial charge >= 0.3 is 0 Å². The number of carbonyl (C=O) groups excluding carboxylic acids is 1. The summed E-state index contributed by atoms with van der Waals surface area (Å²) < 4.78 is 0. The molecule has 28 heavy (non-hydrogen) atoms. The van der Waals surface area contributed by atoms with Crippen molar-refractivity contribution in [2.24, 2.45) is 0 Å². The van der Waals surface area contributed by atoms with Gasteiger partial charge < -0.3 is 9.88 Å². The van der Waals surface area contributed by atoms with Crippen molar-refractivity contribution < 1.29 is 4.79 Å². The molecule has 0 spiro atoms. The molecule has 0 radical (unpaired) electrons. The van der Waals surface area contributed by atoms with Crippen LogP contribution in [0.15, 0.2) is 29.1 Å². The van der Waals surface area contributed by atoms with Gasteiger partial charge in [-0.15, -0.1) is 0 Å². The largest absolute Gasteiger partial charge is 0.328 e. The summed E-state index contributed by atoms with van der Waals surface area (Å²) >= 11 is 0. The molecule has 2 aromatic rings. The van der Waals surface area contributed by atoms with Gasteiger partial charge in [-0.3, -0.25) is 14.5 Å². The standard InChI is InChI=1S/C22H28N4O2/c1-14(2)25-12-10-18-17(13-25)21(27)24-20(23-18)19-5-4-11-26(19)22(28)16-8-6-15(3)7-9-16/h6-9,14,19H,4-5,10-13H2,1-3H3,(H,23,24,27). The van der Waals surface area contributed by atoms with Crippen molar-refractivity contribution in [3.8, 4) is 0 Å². The van der Waals surface area contributed by atoms with Crippen LogP contribution in [0.25, 0.3) is 0 Å². The third-order valence-corrected chi connectivity index (χ3v) is 5.97. The average Bonchev–Trinajstić information content (AvgIpc) is 3.17. The van der Waals surface area contributed by atoms with Crippen LogP contribution in [0.3, 0.4) is 0 Å². The Balaban J connectivity index is 1.62. The highest BCUT2D eigenvalue weighted by atomic mass is 16.2. The zero-order chi connectivity index (χ0) is 19.8. The Kier molecular flexibility index (Phi) is 5.06. The number of aromatic nitrogens is 2. The lowest BCUT2D eigenvalue weighted by Crippen LogP contribution is -2.40. The molecule has 0 saturated carbocycles. The van der Waals surface area contributed by atoms with E-state index in [1.807, 2.05) is 36.1 Å². The minimum absolute atomic E-state index is 0.00820. The van der Waals surface area contributed by atoms with E-state index in [2.05, 4.69) is 23.7 Å². The molecule has 3 heterocycles. The molecule has 1 aromatic heterocycles. The van der Waals surface area contributed by atoms with E-state index in [1.165, 1.54) is 0 Å². The number of aryl methyl sites for hydroxylation is 1. The summed E-state index contributed by atoms with van der Waals surface area (Å²) in [7, 11) is 0. The molecular weight excluding hydrogens is 352 g/mol. The number of aromatic amines is 1. The van der Waals surface area contributed by atoms with Crippen molar-refractivity contribution in [1.82, 2.24) is 19.8 Å². The molecule has 1 aromatic carbocycles. The van der Waals surface area contributed by atoms with Gasteiger partial charge in [-0.2, -0.15) is 0 Å². The van der Waals surface area contributed by atoms with Gasteiger partial charge in [0, 0.05) is 37.7 Å². The quantitative estimate of drug-likeness (QED) is 0.889. The summed E-state index contributed by atoms with van der Waals surface area (Å²) in [6, 6.07) is 7.91. The number of nitrogens with zero attached hydrogens (tertiary/aromatic N) is 3. The first-order valence-corrected chi connectivity index (χ1v) is 10.2. The third kappa shape index (κ3) is 3.49. The molecule has 1 N–H and O–H groups in total. The van der Waals surface area contributed by atoms with E-state index in [0.29, 0.717) is 30.5 Å². The Bertz CT molecular complexity index is 933. The number of rotatable bonds is 3. The predicted molar refractivity (Wildman–Crippen MR) is 108 cm³/mol. The van der Waals surface area contributed by atoms with Crippen molar-refractivity contribution in [3.05, 3.63) is 62.8 Å². The van der Waals surface area contributed by atoms with E-state index in [4.69, 9.17) is 4.98 Å². The van der Waals surface area contributed by atoms with Gasteiger partial charge in [0.1, 0.15) is 5.82 Å². The van der Waals surface area contributed by atoms with Gasteiger partial charge in [0.05, 0.1) is 17.3 Å². The fourth-order valence-corrected chi connectivity index (χ4v) is 4.22. The first-order valence-electron chi connectivity index (χ1n) is 10.2. The maximum atomic E-state index is 13.0. The number of carbonyl (C=O) groups is 1. The van der Waals surface area contributed by atoms with Crippen LogP contribution >= 0.6 is 0 Å². The first-order chi connectivity index (χ1) is 13.4. The second-order valence-corrected chi connectivity index (χ2v) is 8.21. The molecule has 0 aliphatic carbocycles. The number of nitrogens with one attached hydrogen (secondary N) is 1. The van der Waals surface area contributed by atoms with Gasteiger partial charge in [-0.05, 0) is 45.7 Å². The number of hydrogen-bond donors (Lipinski definition) is 1. The topological polar surface area (TPSA) is 69.3 Å². The summed E-state index contributed by atoms with van der Waals surface area (Å²) in [6.07, 6.45) is 2.53. The molecule has 1 amide bonds. The Morgan fingerprint density at radius 2 is 1.96 bits per heavy atom. The van der Waals surface area contributed by atoms with Crippen LogP contribution in [0.5, 0.6) is 0 Å². The molecule has 1 atom stereocenters. The summed E-state index contributed by atoms with van der Waals surface area (Å²) in [5, 5.41) is 0. The second-order valence-electron chi connectivity index (χ2n) is 8.21. The molecule has 1 unspecified atom stereocenters. The smallest absolute Gasteiger partial charge is 0.255 e. The number of hydrogen-bond acceptors (Lipinski definition) is 4. The summed E-state index contributed by atoms with van der Waals surface area (Å²) in [5.74, 6) is 0.647. The lowest BCUT2D eigenvalue weighted by Gasteiger charge is -2.31. The van der Waals surface area contributed by atoms with Gasteiger partial charge in [-0.25, -0.2) is 4.98 Å². The fourth-order valence-electron chi connectivity index (χ4n) is 4.22. The maximum absolute atomic E-state index is 13.0. The Morgan fingerprint density at radius 1 is 1.21 bits per heavy atom. The number of H-pyrrole nitrogens is 1. The van der Waals surface area contributed by atoms with Crippen molar-refractivity contribution >= 4 is 5.91 Å². The van der Waals surface area contributed by atoms with Crippen LogP contribution in [-0.2, 0) is 13.0 Å². The zero-order valence-corrected chi connectivity index (χ0v) is 16.9. The van der Waals surface area contributed by atoms with Crippen molar-refractivity contribution in [2.45, 2.75) is 58.7 Å². The van der Waals surface area contributed by atoms with E-state index < -0.39 is 0 Å². The molecule has 2 aliphatic rings. The summed E-state index contributed by atoms with van der Waals surface area (Å²) in [5.41, 5.74) is 3.43. The highest BCUT2D eigenvalue weighted by Gasteiger charge is 2.33. The minimum Gasteiger partial charge on any atom is -0.328 e. The van der Waals surface area contributed by atoms with Crippen LogP contribution < -0.4 is 5.56 Å². The molecule has 6 heteroatoms. The highest BCUT2D eigenvalue weighted by Crippen LogP contribution is 2.31. The molecule has 0 bridgehead atoms. The fraction of sp³-hybridized carbons (Fsp3) is 0.500. The van der Waals surface area contributed by atoms with Crippen LogP contribution in [0.1, 0.15) is 65.7 Å². The molecule has 4 rings (SSSR count). The molecule has 1 fully saturated rings. The van der Waals surface area contributed by atoms with E-state index in [9.17, 15) is 9.59 Å². The van der Waals surface area contributed by atoms with E-state index in [-0.39, 0.29) is 17.5 Å². The predicted octanol–water partition coefficient (Wildman–Crippen LogP) is 2.82. The first kappa shape index (κ1) is 18.9. The van der Waals surface area contributed by atoms with Crippen LogP contribution in [-0.4, -0.2) is 44.8 Å². The zero-order valence-electron chi connectivity index (χ0n) is 16.9. The number of fused-ring (bicyclic) bond motifs is 1. The average molecular weight is 380 g/mol. The molecule has 2 aliphatic heterocycles. The normalized spacial score (nSPS) is 19.9. The Labute approximate surface area is 165 Å². The number of likely N-dealkylation sites (tertiary alicyclic amines) is 1. The highest BCUT2D eigenvalue weighted by molar-refractivity contribution is 5.94. The van der Waals surface area contributed by atoms with Crippen molar-refractivity contribution in [2.75, 3.05) is 13.1 Å². The lowest BCUT2D eigenvalue weighted by molar-refractivity contribution is 0.0729. The van der Waals surface area contributed by atoms with Gasteiger partial charge in [0.25, 0.3) is 11.5 Å². The lowest BCUT2D eigenvalue weighted by atomic mass is 10.0. The minimum atomic E-state index is -0.157. The Hall–Kier alpha value is -2.47. The van der Waals surface area contributed by atoms with E-state index in [0.717, 1.165) is 42.6 Å². The SMILES string of the molecule is Cc1ccc(C(=O)N2CCCC2c2nc3c(c(=O)[nH]2)CN(C(C)C)CC3)cc1. The van der Waals surface area contributed by atoms with Crippen LogP contribution in [0.4, 0.5) is 0 Å². The molecule has 1 saturated heterocycles. The van der Waals surface area contributed by atoms with Gasteiger partial charge in [-0.1, -0.05) is 17.7 Å². The van der Waals surface area contributed by atoms with Crippen LogP contribution in [0.2, 0.25) is 0 Å². The van der Waals surface area contributed by atoms with Gasteiger partial charge in [0.15, 0.2) is 0 Å². The maximum Gasteiger partial charge on any atom is 0.255 e. The monoisotopic (exact) mass is 380 g/mol. The number of amides is 1. The summed E-state index contributed by atoms with van der Waals surface area (Å²) in [4.78, 5) is 37.8.